The number of ether oxygens (including phenoxy) is 1. The van der Waals surface area contributed by atoms with Gasteiger partial charge in [0.1, 0.15) is 0 Å². The summed E-state index contributed by atoms with van der Waals surface area (Å²) in [7, 11) is 0. The van der Waals surface area contributed by atoms with Gasteiger partial charge in [0.25, 0.3) is 0 Å². The van der Waals surface area contributed by atoms with Gasteiger partial charge >= 0.3 is 0 Å². The first-order valence-corrected chi connectivity index (χ1v) is 7.02. The van der Waals surface area contributed by atoms with Crippen LogP contribution in [0, 0.1) is 0 Å². The molecule has 1 aliphatic heterocycles. The van der Waals surface area contributed by atoms with Crippen molar-refractivity contribution in [2.24, 2.45) is 0 Å². The molecule has 0 bridgehead atoms. The lowest BCUT2D eigenvalue weighted by Gasteiger charge is -2.17. The molecule has 0 N–H and O–H groups in total. The van der Waals surface area contributed by atoms with Gasteiger partial charge in [-0.15, -0.1) is 0 Å². The predicted molar refractivity (Wildman–Crippen MR) is 73.1 cm³/mol. The van der Waals surface area contributed by atoms with E-state index in [0.717, 1.165) is 34.9 Å². The molecule has 1 fully saturated rings. The third-order valence-electron chi connectivity index (χ3n) is 3.51. The second-order valence-electron chi connectivity index (χ2n) is 4.60. The average Bonchev–Trinajstić information content (AvgIpc) is 3.06. The van der Waals surface area contributed by atoms with E-state index in [9.17, 15) is 0 Å². The van der Waals surface area contributed by atoms with Gasteiger partial charge < -0.3 is 4.74 Å². The Morgan fingerprint density at radius 2 is 1.82 bits per heavy atom. The predicted octanol–water partition coefficient (Wildman–Crippen LogP) is 5.05. The lowest BCUT2D eigenvalue weighted by molar-refractivity contribution is 0.349. The average molecular weight is 273 g/mol. The Labute approximate surface area is 113 Å². The molecule has 94 valence electrons. The quantitative estimate of drug-likeness (QED) is 0.683. The topological polar surface area (TPSA) is 12.5 Å². The Balaban J connectivity index is 2.12. The first-order chi connectivity index (χ1) is 8.17. The molecule has 2 rings (SSSR count). The van der Waals surface area contributed by atoms with E-state index < -0.39 is 0 Å². The van der Waals surface area contributed by atoms with Crippen molar-refractivity contribution in [3.05, 3.63) is 33.8 Å². The lowest BCUT2D eigenvalue weighted by atomic mass is 9.91. The summed E-state index contributed by atoms with van der Waals surface area (Å²) < 4.78 is 5.61. The Kier molecular flexibility index (Phi) is 4.35. The maximum atomic E-state index is 6.25. The Morgan fingerprint density at radius 3 is 2.29 bits per heavy atom. The monoisotopic (exact) mass is 272 g/mol. The minimum Gasteiger partial charge on any atom is -0.370 e. The number of benzene rings is 1. The molecule has 1 aromatic rings. The SMILES string of the molecule is CCC(CC1OC1CC)c1c(Cl)cccc1Cl. The number of halogens is 2. The van der Waals surface area contributed by atoms with Crippen molar-refractivity contribution in [1.29, 1.82) is 0 Å². The number of hydrogen-bond donors (Lipinski definition) is 0. The van der Waals surface area contributed by atoms with E-state index in [1.165, 1.54) is 0 Å². The molecule has 17 heavy (non-hydrogen) atoms. The zero-order valence-electron chi connectivity index (χ0n) is 10.2. The van der Waals surface area contributed by atoms with Gasteiger partial charge in [0, 0.05) is 10.0 Å². The molecule has 0 aliphatic carbocycles. The molecule has 0 amide bonds. The van der Waals surface area contributed by atoms with Crippen molar-refractivity contribution >= 4 is 23.2 Å². The third-order valence-corrected chi connectivity index (χ3v) is 4.17. The van der Waals surface area contributed by atoms with Crippen molar-refractivity contribution in [3.63, 3.8) is 0 Å². The van der Waals surface area contributed by atoms with Crippen LogP contribution in [0.15, 0.2) is 18.2 Å². The van der Waals surface area contributed by atoms with Crippen molar-refractivity contribution in [2.75, 3.05) is 0 Å². The van der Waals surface area contributed by atoms with Crippen LogP contribution in [-0.4, -0.2) is 12.2 Å². The van der Waals surface area contributed by atoms with Crippen LogP contribution >= 0.6 is 23.2 Å². The summed E-state index contributed by atoms with van der Waals surface area (Å²) in [5, 5.41) is 1.55. The van der Waals surface area contributed by atoms with Crippen molar-refractivity contribution in [3.8, 4) is 0 Å². The molecule has 0 radical (unpaired) electrons. The van der Waals surface area contributed by atoms with Gasteiger partial charge in [0.2, 0.25) is 0 Å². The summed E-state index contributed by atoms with van der Waals surface area (Å²) in [5.74, 6) is 0.401. The lowest BCUT2D eigenvalue weighted by Crippen LogP contribution is -2.05. The first kappa shape index (κ1) is 13.2. The summed E-state index contributed by atoms with van der Waals surface area (Å²) in [6.07, 6.45) is 4.01. The van der Waals surface area contributed by atoms with Crippen LogP contribution in [0.4, 0.5) is 0 Å². The van der Waals surface area contributed by atoms with Gasteiger partial charge in [-0.3, -0.25) is 0 Å². The van der Waals surface area contributed by atoms with E-state index in [0.29, 0.717) is 18.1 Å². The Bertz CT molecular complexity index is 372. The molecule has 1 aromatic carbocycles. The summed E-state index contributed by atoms with van der Waals surface area (Å²) in [5.41, 5.74) is 1.09. The van der Waals surface area contributed by atoms with Crippen LogP contribution in [0.2, 0.25) is 10.0 Å². The minimum atomic E-state index is 0.400. The fourth-order valence-corrected chi connectivity index (χ4v) is 3.12. The van der Waals surface area contributed by atoms with Crippen LogP contribution in [0.3, 0.4) is 0 Å². The minimum absolute atomic E-state index is 0.400. The van der Waals surface area contributed by atoms with Crippen LogP contribution in [-0.2, 0) is 4.74 Å². The van der Waals surface area contributed by atoms with Gasteiger partial charge in [-0.2, -0.15) is 0 Å². The van der Waals surface area contributed by atoms with Gasteiger partial charge in [0.05, 0.1) is 12.2 Å². The molecular weight excluding hydrogens is 255 g/mol. The van der Waals surface area contributed by atoms with E-state index in [1.807, 2.05) is 18.2 Å². The summed E-state index contributed by atoms with van der Waals surface area (Å²) in [6, 6.07) is 5.72. The zero-order chi connectivity index (χ0) is 12.4. The van der Waals surface area contributed by atoms with Crippen molar-refractivity contribution < 1.29 is 4.74 Å². The molecule has 3 atom stereocenters. The molecule has 1 nitrogen and oxygen atoms in total. The molecule has 3 unspecified atom stereocenters. The third kappa shape index (κ3) is 2.96. The van der Waals surface area contributed by atoms with E-state index in [2.05, 4.69) is 13.8 Å². The molecule has 1 heterocycles. The Hall–Kier alpha value is -0.240. The highest BCUT2D eigenvalue weighted by atomic mass is 35.5. The van der Waals surface area contributed by atoms with Gasteiger partial charge in [-0.1, -0.05) is 43.1 Å². The van der Waals surface area contributed by atoms with Gasteiger partial charge in [-0.05, 0) is 42.9 Å². The van der Waals surface area contributed by atoms with Crippen LogP contribution < -0.4 is 0 Å². The fourth-order valence-electron chi connectivity index (χ4n) is 2.42. The van der Waals surface area contributed by atoms with Crippen LogP contribution in [0.1, 0.15) is 44.6 Å². The smallest absolute Gasteiger partial charge is 0.0847 e. The molecular formula is C14H18Cl2O. The highest BCUT2D eigenvalue weighted by molar-refractivity contribution is 6.36. The maximum absolute atomic E-state index is 6.25. The highest BCUT2D eigenvalue weighted by Crippen LogP contribution is 2.40. The molecule has 3 heteroatoms. The first-order valence-electron chi connectivity index (χ1n) is 6.26. The maximum Gasteiger partial charge on any atom is 0.0847 e. The van der Waals surface area contributed by atoms with E-state index in [1.54, 1.807) is 0 Å². The van der Waals surface area contributed by atoms with Gasteiger partial charge in [-0.25, -0.2) is 0 Å². The largest absolute Gasteiger partial charge is 0.370 e. The van der Waals surface area contributed by atoms with E-state index >= 15 is 0 Å². The normalized spacial score (nSPS) is 24.7. The van der Waals surface area contributed by atoms with Crippen molar-refractivity contribution in [2.45, 2.75) is 51.2 Å². The second kappa shape index (κ2) is 5.60. The molecule has 0 saturated carbocycles. The summed E-state index contributed by atoms with van der Waals surface area (Å²) in [4.78, 5) is 0. The summed E-state index contributed by atoms with van der Waals surface area (Å²) in [6.45, 7) is 4.34. The molecule has 1 saturated heterocycles. The molecule has 1 aliphatic rings. The zero-order valence-corrected chi connectivity index (χ0v) is 11.8. The summed E-state index contributed by atoms with van der Waals surface area (Å²) >= 11 is 12.5. The van der Waals surface area contributed by atoms with Crippen LogP contribution in [0.5, 0.6) is 0 Å². The standard InChI is InChI=1S/C14H18Cl2O/c1-3-9(8-13-12(4-2)17-13)14-10(15)6-5-7-11(14)16/h5-7,9,12-13H,3-4,8H2,1-2H3. The number of hydrogen-bond acceptors (Lipinski definition) is 1. The number of epoxide rings is 1. The Morgan fingerprint density at radius 1 is 1.18 bits per heavy atom. The van der Waals surface area contributed by atoms with Crippen LogP contribution in [0.25, 0.3) is 0 Å². The van der Waals surface area contributed by atoms with Crippen molar-refractivity contribution in [1.82, 2.24) is 0 Å². The molecule has 0 aromatic heterocycles. The van der Waals surface area contributed by atoms with E-state index in [4.69, 9.17) is 27.9 Å². The second-order valence-corrected chi connectivity index (χ2v) is 5.41. The molecule has 0 spiro atoms. The highest BCUT2D eigenvalue weighted by Gasteiger charge is 2.38. The van der Waals surface area contributed by atoms with Gasteiger partial charge in [0.15, 0.2) is 0 Å². The number of rotatable bonds is 5. The fraction of sp³-hybridized carbons (Fsp3) is 0.571. The van der Waals surface area contributed by atoms with E-state index in [-0.39, 0.29) is 0 Å².